The first-order valence-electron chi connectivity index (χ1n) is 6.35. The summed E-state index contributed by atoms with van der Waals surface area (Å²) < 4.78 is 0. The van der Waals surface area contributed by atoms with E-state index in [0.29, 0.717) is 12.1 Å². The number of aromatic nitrogens is 1. The van der Waals surface area contributed by atoms with E-state index in [-0.39, 0.29) is 0 Å². The number of hydrogen-bond acceptors (Lipinski definition) is 4. The lowest BCUT2D eigenvalue weighted by Crippen LogP contribution is -2.26. The van der Waals surface area contributed by atoms with Gasteiger partial charge in [-0.05, 0) is 38.8 Å². The maximum atomic E-state index is 4.81. The minimum Gasteiger partial charge on any atom is -0.309 e. The quantitative estimate of drug-likeness (QED) is 0.829. The molecule has 3 nitrogen and oxygen atoms in total. The van der Waals surface area contributed by atoms with Crippen molar-refractivity contribution >= 4 is 11.3 Å². The van der Waals surface area contributed by atoms with Crippen LogP contribution in [-0.2, 0) is 0 Å². The maximum Gasteiger partial charge on any atom is 0.110 e. The van der Waals surface area contributed by atoms with E-state index in [1.807, 2.05) is 11.3 Å². The van der Waals surface area contributed by atoms with Crippen molar-refractivity contribution in [3.63, 3.8) is 0 Å². The summed E-state index contributed by atoms with van der Waals surface area (Å²) in [6.45, 7) is 2.31. The predicted octanol–water partition coefficient (Wildman–Crippen LogP) is 2.38. The van der Waals surface area contributed by atoms with Gasteiger partial charge in [-0.2, -0.15) is 0 Å². The van der Waals surface area contributed by atoms with Crippen molar-refractivity contribution in [2.24, 2.45) is 0 Å². The van der Waals surface area contributed by atoms with Crippen LogP contribution in [0.15, 0.2) is 5.38 Å². The molecule has 88 valence electrons. The predicted molar refractivity (Wildman–Crippen MR) is 66.7 cm³/mol. The van der Waals surface area contributed by atoms with E-state index in [1.165, 1.54) is 42.8 Å². The van der Waals surface area contributed by atoms with Crippen molar-refractivity contribution in [1.29, 1.82) is 0 Å². The smallest absolute Gasteiger partial charge is 0.110 e. The van der Waals surface area contributed by atoms with Gasteiger partial charge >= 0.3 is 0 Å². The zero-order chi connectivity index (χ0) is 10.8. The Kier molecular flexibility index (Phi) is 3.22. The molecule has 0 radical (unpaired) electrons. The fourth-order valence-corrected chi connectivity index (χ4v) is 3.60. The van der Waals surface area contributed by atoms with E-state index >= 15 is 0 Å². The molecular formula is C12H19N3S. The molecule has 2 saturated heterocycles. The molecule has 2 atom stereocenters. The molecule has 4 heteroatoms. The molecule has 2 aliphatic rings. The zero-order valence-corrected chi connectivity index (χ0v) is 10.4. The SMILES string of the molecule is c1sc(C2CCCCN2)nc1C1CCCN1. The second-order valence-electron chi connectivity index (χ2n) is 4.76. The second-order valence-corrected chi connectivity index (χ2v) is 5.65. The van der Waals surface area contributed by atoms with Crippen LogP contribution in [0.5, 0.6) is 0 Å². The summed E-state index contributed by atoms with van der Waals surface area (Å²) in [4.78, 5) is 4.81. The molecule has 3 rings (SSSR count). The number of thiazole rings is 1. The molecule has 0 amide bonds. The van der Waals surface area contributed by atoms with Crippen LogP contribution in [0.4, 0.5) is 0 Å². The van der Waals surface area contributed by atoms with Gasteiger partial charge in [-0.15, -0.1) is 11.3 Å². The molecule has 2 aliphatic heterocycles. The molecule has 16 heavy (non-hydrogen) atoms. The number of nitrogens with zero attached hydrogens (tertiary/aromatic N) is 1. The van der Waals surface area contributed by atoms with Crippen LogP contribution < -0.4 is 10.6 Å². The Hall–Kier alpha value is -0.450. The zero-order valence-electron chi connectivity index (χ0n) is 9.54. The lowest BCUT2D eigenvalue weighted by Gasteiger charge is -2.21. The van der Waals surface area contributed by atoms with Gasteiger partial charge in [-0.25, -0.2) is 4.98 Å². The summed E-state index contributed by atoms with van der Waals surface area (Å²) in [5, 5.41) is 10.6. The van der Waals surface area contributed by atoms with E-state index in [0.717, 1.165) is 13.1 Å². The molecule has 0 aliphatic carbocycles. The van der Waals surface area contributed by atoms with Crippen molar-refractivity contribution in [2.45, 2.75) is 44.2 Å². The molecule has 1 aromatic rings. The molecule has 3 heterocycles. The van der Waals surface area contributed by atoms with Gasteiger partial charge in [-0.3, -0.25) is 0 Å². The van der Waals surface area contributed by atoms with Crippen LogP contribution in [0.2, 0.25) is 0 Å². The van der Waals surface area contributed by atoms with Gasteiger partial charge in [0.15, 0.2) is 0 Å². The Balaban J connectivity index is 1.71. The first kappa shape index (κ1) is 10.7. The molecular weight excluding hydrogens is 218 g/mol. The Bertz CT molecular complexity index is 338. The average Bonchev–Trinajstić information content (AvgIpc) is 3.01. The van der Waals surface area contributed by atoms with Gasteiger partial charge in [-0.1, -0.05) is 6.42 Å². The fourth-order valence-electron chi connectivity index (χ4n) is 2.62. The summed E-state index contributed by atoms with van der Waals surface area (Å²) in [5.41, 5.74) is 1.27. The largest absolute Gasteiger partial charge is 0.309 e. The van der Waals surface area contributed by atoms with Gasteiger partial charge in [0.2, 0.25) is 0 Å². The van der Waals surface area contributed by atoms with Crippen LogP contribution in [0, 0.1) is 0 Å². The number of nitrogens with one attached hydrogen (secondary N) is 2. The highest BCUT2D eigenvalue weighted by Gasteiger charge is 2.22. The Morgan fingerprint density at radius 1 is 1.06 bits per heavy atom. The monoisotopic (exact) mass is 237 g/mol. The van der Waals surface area contributed by atoms with Gasteiger partial charge in [0.1, 0.15) is 5.01 Å². The molecule has 0 saturated carbocycles. The van der Waals surface area contributed by atoms with E-state index in [1.54, 1.807) is 0 Å². The standard InChI is InChI=1S/C12H19N3S/c1-2-6-14-10(4-1)12-15-11(8-16-12)9-5-3-7-13-9/h8-10,13-14H,1-7H2. The Morgan fingerprint density at radius 2 is 1.88 bits per heavy atom. The second kappa shape index (κ2) is 4.82. The highest BCUT2D eigenvalue weighted by atomic mass is 32.1. The van der Waals surface area contributed by atoms with Crippen molar-refractivity contribution in [2.75, 3.05) is 13.1 Å². The van der Waals surface area contributed by atoms with Crippen LogP contribution in [0.1, 0.15) is 54.9 Å². The highest BCUT2D eigenvalue weighted by molar-refractivity contribution is 7.09. The lowest BCUT2D eigenvalue weighted by molar-refractivity contribution is 0.410. The summed E-state index contributed by atoms with van der Waals surface area (Å²) in [7, 11) is 0. The summed E-state index contributed by atoms with van der Waals surface area (Å²) in [5.74, 6) is 0. The molecule has 2 N–H and O–H groups in total. The fraction of sp³-hybridized carbons (Fsp3) is 0.750. The third kappa shape index (κ3) is 2.14. The third-order valence-corrected chi connectivity index (χ3v) is 4.54. The van der Waals surface area contributed by atoms with Crippen LogP contribution >= 0.6 is 11.3 Å². The molecule has 2 unspecified atom stereocenters. The summed E-state index contributed by atoms with van der Waals surface area (Å²) in [6, 6.07) is 1.04. The lowest BCUT2D eigenvalue weighted by atomic mass is 10.1. The number of rotatable bonds is 2. The van der Waals surface area contributed by atoms with Crippen molar-refractivity contribution in [3.8, 4) is 0 Å². The first-order chi connectivity index (χ1) is 7.93. The first-order valence-corrected chi connectivity index (χ1v) is 7.23. The Morgan fingerprint density at radius 3 is 2.62 bits per heavy atom. The van der Waals surface area contributed by atoms with E-state index in [9.17, 15) is 0 Å². The van der Waals surface area contributed by atoms with Crippen molar-refractivity contribution in [1.82, 2.24) is 15.6 Å². The average molecular weight is 237 g/mol. The minimum atomic E-state index is 0.522. The normalized spacial score (nSPS) is 30.8. The highest BCUT2D eigenvalue weighted by Crippen LogP contribution is 2.29. The van der Waals surface area contributed by atoms with Gasteiger partial charge in [0.25, 0.3) is 0 Å². The van der Waals surface area contributed by atoms with Crippen LogP contribution in [0.25, 0.3) is 0 Å². The van der Waals surface area contributed by atoms with Crippen LogP contribution in [-0.4, -0.2) is 18.1 Å². The number of piperidine rings is 1. The van der Waals surface area contributed by atoms with Crippen molar-refractivity contribution < 1.29 is 0 Å². The Labute approximate surface area is 101 Å². The van der Waals surface area contributed by atoms with E-state index in [4.69, 9.17) is 4.98 Å². The molecule has 2 fully saturated rings. The minimum absolute atomic E-state index is 0.522. The summed E-state index contributed by atoms with van der Waals surface area (Å²) >= 11 is 1.83. The molecule has 0 aromatic carbocycles. The summed E-state index contributed by atoms with van der Waals surface area (Å²) in [6.07, 6.45) is 6.46. The molecule has 0 spiro atoms. The van der Waals surface area contributed by atoms with Gasteiger partial charge in [0, 0.05) is 5.38 Å². The van der Waals surface area contributed by atoms with Gasteiger partial charge in [0.05, 0.1) is 17.8 Å². The van der Waals surface area contributed by atoms with Gasteiger partial charge < -0.3 is 10.6 Å². The van der Waals surface area contributed by atoms with E-state index < -0.39 is 0 Å². The maximum absolute atomic E-state index is 4.81. The molecule has 0 bridgehead atoms. The van der Waals surface area contributed by atoms with Crippen molar-refractivity contribution in [3.05, 3.63) is 16.1 Å². The number of hydrogen-bond donors (Lipinski definition) is 2. The van der Waals surface area contributed by atoms with E-state index in [2.05, 4.69) is 16.0 Å². The van der Waals surface area contributed by atoms with Crippen LogP contribution in [0.3, 0.4) is 0 Å². The molecule has 1 aromatic heterocycles. The topological polar surface area (TPSA) is 37.0 Å². The third-order valence-electron chi connectivity index (χ3n) is 3.57.